The number of pyridine rings is 1. The van der Waals surface area contributed by atoms with E-state index in [-0.39, 0.29) is 4.90 Å². The van der Waals surface area contributed by atoms with Crippen LogP contribution in [0.25, 0.3) is 16.8 Å². The fourth-order valence-electron chi connectivity index (χ4n) is 6.05. The van der Waals surface area contributed by atoms with Gasteiger partial charge in [-0.25, -0.2) is 4.52 Å². The third-order valence-corrected chi connectivity index (χ3v) is 9.39. The first-order valence-electron chi connectivity index (χ1n) is 15.9. The third kappa shape index (κ3) is 8.01. The van der Waals surface area contributed by atoms with Crippen LogP contribution in [-0.2, 0) is 32.6 Å². The minimum atomic E-state index is -4.00. The van der Waals surface area contributed by atoms with Crippen molar-refractivity contribution in [2.24, 2.45) is 11.8 Å². The van der Waals surface area contributed by atoms with Crippen molar-refractivity contribution in [1.82, 2.24) is 9.61 Å². The van der Waals surface area contributed by atoms with E-state index >= 15 is 0 Å². The average molecular weight is 652 g/mol. The molecule has 1 N–H and O–H groups in total. The van der Waals surface area contributed by atoms with Crippen molar-refractivity contribution in [2.45, 2.75) is 50.5 Å². The number of nitrogens with zero attached hydrogens (tertiary/aromatic N) is 3. The van der Waals surface area contributed by atoms with Crippen molar-refractivity contribution in [1.29, 1.82) is 0 Å². The number of rotatable bonds is 12. The van der Waals surface area contributed by atoms with Crippen LogP contribution < -0.4 is 14.4 Å². The Labute approximate surface area is 272 Å². The highest BCUT2D eigenvalue weighted by atomic mass is 32.2. The minimum Gasteiger partial charge on any atom is -0.496 e. The first-order valence-corrected chi connectivity index (χ1v) is 17.3. The molecule has 1 aliphatic heterocycles. The zero-order valence-corrected chi connectivity index (χ0v) is 28.0. The molecular formula is C35H45N3O7S. The van der Waals surface area contributed by atoms with Crippen molar-refractivity contribution in [3.63, 3.8) is 0 Å². The summed E-state index contributed by atoms with van der Waals surface area (Å²) < 4.78 is 54.0. The summed E-state index contributed by atoms with van der Waals surface area (Å²) in [5, 5.41) is 5.17. The van der Waals surface area contributed by atoms with Gasteiger partial charge in [0.05, 0.1) is 53.9 Å². The summed E-state index contributed by atoms with van der Waals surface area (Å²) >= 11 is 0. The van der Waals surface area contributed by atoms with Gasteiger partial charge in [-0.15, -0.1) is 0 Å². The summed E-state index contributed by atoms with van der Waals surface area (Å²) in [6, 6.07) is 17.9. The van der Waals surface area contributed by atoms with E-state index in [2.05, 4.69) is 34.5 Å². The fraction of sp³-hybridized carbons (Fsp3) is 0.457. The van der Waals surface area contributed by atoms with E-state index < -0.39 is 10.1 Å². The predicted octanol–water partition coefficient (Wildman–Crippen LogP) is 6.30. The molecule has 4 aromatic rings. The smallest absolute Gasteiger partial charge is 0.294 e. The standard InChI is InChI=1S/C29H39N3O4.C6H6O3S/c1-5-23-29(31(17-20-9-10-20)18-21-11-13-36-14-12-21)25-8-6-7-24(32(25)30-23)28-26(34-3)15-22(19-33-2)16-27(28)35-4;7-10(8,9)6-4-2-1-3-5-6/h6-8,15-16,20-21H,5,9-14,17-19H2,1-4H3;1-5H,(H,7,8,9). The summed E-state index contributed by atoms with van der Waals surface area (Å²) in [5.74, 6) is 2.96. The van der Waals surface area contributed by atoms with E-state index in [1.54, 1.807) is 39.5 Å². The maximum Gasteiger partial charge on any atom is 0.294 e. The van der Waals surface area contributed by atoms with Gasteiger partial charge in [-0.3, -0.25) is 4.55 Å². The van der Waals surface area contributed by atoms with Gasteiger partial charge in [0, 0.05) is 33.4 Å². The van der Waals surface area contributed by atoms with Crippen LogP contribution in [0.4, 0.5) is 5.69 Å². The Balaban J connectivity index is 0.000000356. The molecule has 2 aromatic heterocycles. The molecule has 1 aliphatic carbocycles. The highest BCUT2D eigenvalue weighted by Crippen LogP contribution is 2.42. The molecule has 2 fully saturated rings. The second-order valence-corrected chi connectivity index (χ2v) is 13.3. The number of hydrogen-bond acceptors (Lipinski definition) is 8. The number of benzene rings is 2. The number of aromatic nitrogens is 2. The van der Waals surface area contributed by atoms with Gasteiger partial charge < -0.3 is 23.8 Å². The first-order chi connectivity index (χ1) is 22.3. The van der Waals surface area contributed by atoms with Crippen LogP contribution in [0.2, 0.25) is 0 Å². The zero-order valence-electron chi connectivity index (χ0n) is 27.1. The lowest BCUT2D eigenvalue weighted by atomic mass is 9.99. The molecule has 0 amide bonds. The van der Waals surface area contributed by atoms with E-state index in [1.165, 1.54) is 30.7 Å². The molecule has 2 aliphatic rings. The molecule has 11 heteroatoms. The van der Waals surface area contributed by atoms with E-state index in [1.807, 2.05) is 12.1 Å². The Kier molecular flexibility index (Phi) is 11.2. The summed E-state index contributed by atoms with van der Waals surface area (Å²) in [4.78, 5) is 2.56. The van der Waals surface area contributed by atoms with Crippen LogP contribution in [0.3, 0.4) is 0 Å². The maximum atomic E-state index is 10.4. The molecule has 2 aromatic carbocycles. The van der Waals surface area contributed by atoms with E-state index in [0.29, 0.717) is 12.5 Å². The van der Waals surface area contributed by atoms with Gasteiger partial charge in [-0.1, -0.05) is 31.2 Å². The van der Waals surface area contributed by atoms with Gasteiger partial charge in [0.1, 0.15) is 11.5 Å². The van der Waals surface area contributed by atoms with Gasteiger partial charge in [-0.05, 0) is 85.9 Å². The maximum absolute atomic E-state index is 10.4. The number of hydrogen-bond donors (Lipinski definition) is 1. The van der Waals surface area contributed by atoms with Crippen LogP contribution >= 0.6 is 0 Å². The summed E-state index contributed by atoms with van der Waals surface area (Å²) in [5.41, 5.74) is 6.44. The lowest BCUT2D eigenvalue weighted by Gasteiger charge is -2.31. The molecule has 0 unspecified atom stereocenters. The molecule has 0 radical (unpaired) electrons. The van der Waals surface area contributed by atoms with Gasteiger partial charge in [0.2, 0.25) is 0 Å². The molecule has 46 heavy (non-hydrogen) atoms. The molecule has 0 atom stereocenters. The normalized spacial score (nSPS) is 15.3. The fourth-order valence-corrected chi connectivity index (χ4v) is 6.55. The van der Waals surface area contributed by atoms with Gasteiger partial charge in [0.25, 0.3) is 10.1 Å². The monoisotopic (exact) mass is 651 g/mol. The SMILES string of the molecule is CCc1nn2c(-c3c(OC)cc(COC)cc3OC)cccc2c1N(CC1CCOCC1)CC1CC1.O=S(=O)(O)c1ccccc1. The summed E-state index contributed by atoms with van der Waals surface area (Å²) in [7, 11) is 1.09. The molecule has 1 saturated heterocycles. The van der Waals surface area contributed by atoms with Crippen molar-refractivity contribution < 1.29 is 31.9 Å². The van der Waals surface area contributed by atoms with Crippen LogP contribution in [0.15, 0.2) is 65.6 Å². The average Bonchev–Trinajstić information content (AvgIpc) is 3.81. The van der Waals surface area contributed by atoms with Crippen LogP contribution in [0.5, 0.6) is 11.5 Å². The minimum absolute atomic E-state index is 0.0741. The van der Waals surface area contributed by atoms with Crippen molar-refractivity contribution in [3.8, 4) is 22.8 Å². The van der Waals surface area contributed by atoms with Crippen LogP contribution in [0, 0.1) is 11.8 Å². The molecule has 0 bridgehead atoms. The molecule has 248 valence electrons. The van der Waals surface area contributed by atoms with E-state index in [4.69, 9.17) is 28.6 Å². The Morgan fingerprint density at radius 1 is 0.913 bits per heavy atom. The van der Waals surface area contributed by atoms with Gasteiger partial charge in [-0.2, -0.15) is 13.5 Å². The highest BCUT2D eigenvalue weighted by molar-refractivity contribution is 7.85. The van der Waals surface area contributed by atoms with E-state index in [9.17, 15) is 8.42 Å². The van der Waals surface area contributed by atoms with Gasteiger partial charge >= 0.3 is 0 Å². The highest BCUT2D eigenvalue weighted by Gasteiger charge is 2.30. The third-order valence-electron chi connectivity index (χ3n) is 8.52. The number of anilines is 1. The Morgan fingerprint density at radius 2 is 1.54 bits per heavy atom. The molecule has 3 heterocycles. The largest absolute Gasteiger partial charge is 0.496 e. The molecule has 6 rings (SSSR count). The molecule has 1 saturated carbocycles. The topological polar surface area (TPSA) is 112 Å². The Hall–Kier alpha value is -3.64. The van der Waals surface area contributed by atoms with Gasteiger partial charge in [0.15, 0.2) is 0 Å². The van der Waals surface area contributed by atoms with E-state index in [0.717, 1.165) is 91.0 Å². The molecular weight excluding hydrogens is 606 g/mol. The number of fused-ring (bicyclic) bond motifs is 1. The lowest BCUT2D eigenvalue weighted by molar-refractivity contribution is 0.0681. The molecule has 0 spiro atoms. The quantitative estimate of drug-likeness (QED) is 0.176. The lowest BCUT2D eigenvalue weighted by Crippen LogP contribution is -2.34. The van der Waals surface area contributed by atoms with Crippen molar-refractivity contribution >= 4 is 21.3 Å². The second kappa shape index (κ2) is 15.3. The Morgan fingerprint density at radius 3 is 2.07 bits per heavy atom. The summed E-state index contributed by atoms with van der Waals surface area (Å²) in [6.07, 6.45) is 5.81. The number of aryl methyl sites for hydroxylation is 1. The first kappa shape index (κ1) is 33.7. The second-order valence-electron chi connectivity index (χ2n) is 11.9. The Bertz CT molecular complexity index is 1670. The number of ether oxygens (including phenoxy) is 4. The van der Waals surface area contributed by atoms with Crippen molar-refractivity contribution in [2.75, 3.05) is 52.5 Å². The van der Waals surface area contributed by atoms with Crippen LogP contribution in [0.1, 0.15) is 43.9 Å². The molecule has 10 nitrogen and oxygen atoms in total. The predicted molar refractivity (Wildman–Crippen MR) is 179 cm³/mol. The van der Waals surface area contributed by atoms with Crippen molar-refractivity contribution in [3.05, 3.63) is 71.9 Å². The summed E-state index contributed by atoms with van der Waals surface area (Å²) in [6.45, 7) is 6.62. The zero-order chi connectivity index (χ0) is 32.7. The number of methoxy groups -OCH3 is 3. The van der Waals surface area contributed by atoms with Crippen LogP contribution in [-0.4, -0.2) is 70.2 Å².